The monoisotopic (exact) mass is 258 g/mol. The molecule has 0 aromatic rings. The molecule has 106 valence electrons. The van der Waals surface area contributed by atoms with Gasteiger partial charge >= 0.3 is 0 Å². The number of methoxy groups -OCH3 is 1. The summed E-state index contributed by atoms with van der Waals surface area (Å²) in [5.41, 5.74) is -0.273. The second-order valence-corrected chi connectivity index (χ2v) is 5.11. The summed E-state index contributed by atoms with van der Waals surface area (Å²) >= 11 is 0. The molecule has 1 aliphatic heterocycles. The molecular formula is C13H26N2O3. The van der Waals surface area contributed by atoms with Crippen LogP contribution in [0.15, 0.2) is 0 Å². The molecule has 1 fully saturated rings. The van der Waals surface area contributed by atoms with Crippen molar-refractivity contribution < 1.29 is 14.3 Å². The summed E-state index contributed by atoms with van der Waals surface area (Å²) in [4.78, 5) is 11.9. The maximum atomic E-state index is 11.9. The van der Waals surface area contributed by atoms with Gasteiger partial charge in [0.05, 0.1) is 12.6 Å². The highest BCUT2D eigenvalue weighted by molar-refractivity contribution is 5.81. The average Bonchev–Trinajstić information content (AvgIpc) is 2.85. The number of ether oxygens (including phenoxy) is 2. The first kappa shape index (κ1) is 15.4. The normalized spacial score (nSPS) is 26.9. The fourth-order valence-electron chi connectivity index (χ4n) is 1.86. The van der Waals surface area contributed by atoms with Crippen molar-refractivity contribution in [3.63, 3.8) is 0 Å². The third-order valence-electron chi connectivity index (χ3n) is 3.62. The van der Waals surface area contributed by atoms with Crippen LogP contribution < -0.4 is 10.6 Å². The molecule has 1 amide bonds. The van der Waals surface area contributed by atoms with Crippen LogP contribution in [0.3, 0.4) is 0 Å². The van der Waals surface area contributed by atoms with Crippen LogP contribution in [-0.2, 0) is 14.3 Å². The van der Waals surface area contributed by atoms with E-state index in [1.165, 1.54) is 0 Å². The molecule has 0 radical (unpaired) electrons. The molecule has 1 saturated heterocycles. The zero-order valence-electron chi connectivity index (χ0n) is 11.9. The molecule has 3 unspecified atom stereocenters. The fourth-order valence-corrected chi connectivity index (χ4v) is 1.86. The predicted octanol–water partition coefficient (Wildman–Crippen LogP) is 0.685. The second-order valence-electron chi connectivity index (χ2n) is 5.11. The Kier molecular flexibility index (Phi) is 6.05. The molecule has 5 nitrogen and oxygen atoms in total. The third-order valence-corrected chi connectivity index (χ3v) is 3.62. The number of hydrogen-bond acceptors (Lipinski definition) is 4. The summed E-state index contributed by atoms with van der Waals surface area (Å²) in [5.74, 6) is 0.0366. The molecule has 1 rings (SSSR count). The Morgan fingerprint density at radius 1 is 1.50 bits per heavy atom. The summed E-state index contributed by atoms with van der Waals surface area (Å²) in [6, 6.07) is -0.000394. The van der Waals surface area contributed by atoms with Crippen LogP contribution in [0.4, 0.5) is 0 Å². The predicted molar refractivity (Wildman–Crippen MR) is 70.5 cm³/mol. The molecule has 0 spiro atoms. The standard InChI is InChI=1S/C13H26N2O3/c1-5-10(2)15-12(16)11(3)14-8-13(17-4)6-7-18-9-13/h10-11,14H,5-9H2,1-4H3,(H,15,16). The van der Waals surface area contributed by atoms with Crippen molar-refractivity contribution in [1.82, 2.24) is 10.6 Å². The van der Waals surface area contributed by atoms with E-state index in [0.29, 0.717) is 13.2 Å². The highest BCUT2D eigenvalue weighted by Gasteiger charge is 2.35. The van der Waals surface area contributed by atoms with Gasteiger partial charge in [-0.1, -0.05) is 6.92 Å². The summed E-state index contributed by atoms with van der Waals surface area (Å²) < 4.78 is 10.9. The van der Waals surface area contributed by atoms with E-state index < -0.39 is 0 Å². The Morgan fingerprint density at radius 3 is 2.72 bits per heavy atom. The number of carbonyl (C=O) groups excluding carboxylic acids is 1. The van der Waals surface area contributed by atoms with Gasteiger partial charge in [-0.3, -0.25) is 4.79 Å². The Morgan fingerprint density at radius 2 is 2.22 bits per heavy atom. The van der Waals surface area contributed by atoms with Crippen LogP contribution in [0.1, 0.15) is 33.6 Å². The van der Waals surface area contributed by atoms with Gasteiger partial charge in [-0.25, -0.2) is 0 Å². The summed E-state index contributed by atoms with van der Waals surface area (Å²) in [7, 11) is 1.69. The maximum absolute atomic E-state index is 11.9. The smallest absolute Gasteiger partial charge is 0.237 e. The molecule has 0 aliphatic carbocycles. The zero-order valence-corrected chi connectivity index (χ0v) is 11.9. The second kappa shape index (κ2) is 7.07. The van der Waals surface area contributed by atoms with Gasteiger partial charge in [-0.2, -0.15) is 0 Å². The molecular weight excluding hydrogens is 232 g/mol. The lowest BCUT2D eigenvalue weighted by atomic mass is 10.0. The molecule has 0 bridgehead atoms. The Bertz CT molecular complexity index is 265. The molecule has 1 heterocycles. The molecule has 3 atom stereocenters. The Balaban J connectivity index is 2.35. The van der Waals surface area contributed by atoms with E-state index in [0.717, 1.165) is 19.4 Å². The van der Waals surface area contributed by atoms with Crippen molar-refractivity contribution in [2.45, 2.75) is 51.3 Å². The number of carbonyl (C=O) groups is 1. The number of nitrogens with one attached hydrogen (secondary N) is 2. The summed E-state index contributed by atoms with van der Waals surface area (Å²) in [6.07, 6.45) is 1.81. The van der Waals surface area contributed by atoms with Gasteiger partial charge in [0.15, 0.2) is 0 Å². The van der Waals surface area contributed by atoms with E-state index in [1.54, 1.807) is 7.11 Å². The van der Waals surface area contributed by atoms with Crippen molar-refractivity contribution in [3.05, 3.63) is 0 Å². The van der Waals surface area contributed by atoms with Gasteiger partial charge in [0.1, 0.15) is 5.60 Å². The van der Waals surface area contributed by atoms with Crippen molar-refractivity contribution in [1.29, 1.82) is 0 Å². The van der Waals surface area contributed by atoms with Crippen LogP contribution in [0, 0.1) is 0 Å². The highest BCUT2D eigenvalue weighted by Crippen LogP contribution is 2.21. The zero-order chi connectivity index (χ0) is 13.6. The van der Waals surface area contributed by atoms with E-state index in [1.807, 2.05) is 13.8 Å². The Hall–Kier alpha value is -0.650. The van der Waals surface area contributed by atoms with Crippen molar-refractivity contribution in [3.8, 4) is 0 Å². The lowest BCUT2D eigenvalue weighted by Gasteiger charge is -2.28. The molecule has 18 heavy (non-hydrogen) atoms. The number of amides is 1. The van der Waals surface area contributed by atoms with Crippen LogP contribution in [-0.4, -0.2) is 50.5 Å². The lowest BCUT2D eigenvalue weighted by Crippen LogP contribution is -2.51. The quantitative estimate of drug-likeness (QED) is 0.705. The lowest BCUT2D eigenvalue weighted by molar-refractivity contribution is -0.123. The third kappa shape index (κ3) is 4.23. The molecule has 0 saturated carbocycles. The van der Waals surface area contributed by atoms with Gasteiger partial charge in [0.25, 0.3) is 0 Å². The van der Waals surface area contributed by atoms with E-state index in [-0.39, 0.29) is 23.6 Å². The molecule has 1 aliphatic rings. The van der Waals surface area contributed by atoms with Crippen molar-refractivity contribution >= 4 is 5.91 Å². The Labute approximate surface area is 110 Å². The summed E-state index contributed by atoms with van der Waals surface area (Å²) in [6.45, 7) is 7.89. The highest BCUT2D eigenvalue weighted by atomic mass is 16.5. The van der Waals surface area contributed by atoms with Gasteiger partial charge in [-0.15, -0.1) is 0 Å². The van der Waals surface area contributed by atoms with Crippen LogP contribution in [0.5, 0.6) is 0 Å². The van der Waals surface area contributed by atoms with Gasteiger partial charge < -0.3 is 20.1 Å². The van der Waals surface area contributed by atoms with E-state index >= 15 is 0 Å². The van der Waals surface area contributed by atoms with Gasteiger partial charge in [-0.05, 0) is 20.3 Å². The van der Waals surface area contributed by atoms with E-state index in [2.05, 4.69) is 17.6 Å². The first-order valence-corrected chi connectivity index (χ1v) is 6.69. The minimum atomic E-state index is -0.273. The average molecular weight is 258 g/mol. The van der Waals surface area contributed by atoms with E-state index in [9.17, 15) is 4.79 Å². The fraction of sp³-hybridized carbons (Fsp3) is 0.923. The molecule has 0 aromatic heterocycles. The largest absolute Gasteiger partial charge is 0.378 e. The molecule has 5 heteroatoms. The summed E-state index contributed by atoms with van der Waals surface area (Å²) in [5, 5.41) is 6.19. The maximum Gasteiger partial charge on any atom is 0.237 e. The minimum absolute atomic E-state index is 0.0366. The van der Waals surface area contributed by atoms with Gasteiger partial charge in [0.2, 0.25) is 5.91 Å². The molecule has 2 N–H and O–H groups in total. The van der Waals surface area contributed by atoms with Crippen LogP contribution in [0.25, 0.3) is 0 Å². The first-order chi connectivity index (χ1) is 8.53. The SMILES string of the molecule is CCC(C)NC(=O)C(C)NCC1(OC)CCOC1. The minimum Gasteiger partial charge on any atom is -0.378 e. The number of hydrogen-bond donors (Lipinski definition) is 2. The van der Waals surface area contributed by atoms with Crippen LogP contribution >= 0.6 is 0 Å². The van der Waals surface area contributed by atoms with Crippen molar-refractivity contribution in [2.75, 3.05) is 26.9 Å². The van der Waals surface area contributed by atoms with Crippen molar-refractivity contribution in [2.24, 2.45) is 0 Å². The first-order valence-electron chi connectivity index (χ1n) is 6.69. The van der Waals surface area contributed by atoms with Gasteiger partial charge in [0, 0.05) is 32.7 Å². The molecule has 0 aromatic carbocycles. The van der Waals surface area contributed by atoms with E-state index in [4.69, 9.17) is 9.47 Å². The number of rotatable bonds is 7. The van der Waals surface area contributed by atoms with Crippen LogP contribution in [0.2, 0.25) is 0 Å². The topological polar surface area (TPSA) is 59.6 Å².